The second kappa shape index (κ2) is 8.70. The molecule has 2 aliphatic rings. The Morgan fingerprint density at radius 2 is 2.03 bits per heavy atom. The van der Waals surface area contributed by atoms with Crippen LogP contribution in [0.2, 0.25) is 0 Å². The summed E-state index contributed by atoms with van der Waals surface area (Å²) in [5, 5.41) is 4.44. The molecule has 1 aromatic carbocycles. The minimum Gasteiger partial charge on any atom is -0.496 e. The van der Waals surface area contributed by atoms with Crippen LogP contribution in [0, 0.1) is 6.92 Å². The van der Waals surface area contributed by atoms with Gasteiger partial charge in [0.25, 0.3) is 11.5 Å². The van der Waals surface area contributed by atoms with Crippen molar-refractivity contribution >= 4 is 5.82 Å². The Bertz CT molecular complexity index is 1190. The maximum atomic E-state index is 13.3. The average molecular weight is 434 g/mol. The van der Waals surface area contributed by atoms with Gasteiger partial charge in [-0.1, -0.05) is 12.1 Å². The summed E-state index contributed by atoms with van der Waals surface area (Å²) in [6, 6.07) is 8.04. The number of fused-ring (bicyclic) bond motifs is 1. The fourth-order valence-corrected chi connectivity index (χ4v) is 4.77. The van der Waals surface area contributed by atoms with Crippen molar-refractivity contribution in [3.63, 3.8) is 0 Å². The van der Waals surface area contributed by atoms with Crippen molar-refractivity contribution in [1.82, 2.24) is 19.7 Å². The number of hydrogen-bond acceptors (Lipinski definition) is 7. The van der Waals surface area contributed by atoms with Gasteiger partial charge in [0.05, 0.1) is 26.5 Å². The maximum Gasteiger partial charge on any atom is 0.277 e. The van der Waals surface area contributed by atoms with Crippen molar-refractivity contribution in [2.24, 2.45) is 0 Å². The number of methoxy groups -OCH3 is 1. The van der Waals surface area contributed by atoms with Crippen LogP contribution >= 0.6 is 0 Å². The quantitative estimate of drug-likeness (QED) is 0.625. The molecule has 1 saturated heterocycles. The van der Waals surface area contributed by atoms with Crippen LogP contribution in [0.25, 0.3) is 5.95 Å². The molecule has 0 saturated carbocycles. The number of ether oxygens (including phenoxy) is 2. The van der Waals surface area contributed by atoms with Gasteiger partial charge in [0.15, 0.2) is 0 Å². The molecule has 1 aliphatic heterocycles. The molecule has 0 amide bonds. The zero-order chi connectivity index (χ0) is 22.1. The van der Waals surface area contributed by atoms with Crippen molar-refractivity contribution in [2.45, 2.75) is 32.1 Å². The van der Waals surface area contributed by atoms with Crippen molar-refractivity contribution in [1.29, 1.82) is 0 Å². The third kappa shape index (κ3) is 3.75. The molecular formula is C24H27N5O3. The summed E-state index contributed by atoms with van der Waals surface area (Å²) in [4.78, 5) is 24.4. The van der Waals surface area contributed by atoms with Crippen LogP contribution < -0.4 is 15.2 Å². The smallest absolute Gasteiger partial charge is 0.277 e. The van der Waals surface area contributed by atoms with Gasteiger partial charge in [0.1, 0.15) is 11.6 Å². The zero-order valence-electron chi connectivity index (χ0n) is 18.5. The number of anilines is 1. The summed E-state index contributed by atoms with van der Waals surface area (Å²) in [6.07, 6.45) is 5.91. The highest BCUT2D eigenvalue weighted by Gasteiger charge is 2.26. The number of morpholine rings is 1. The van der Waals surface area contributed by atoms with Crippen LogP contribution in [-0.2, 0) is 17.6 Å². The van der Waals surface area contributed by atoms with E-state index in [4.69, 9.17) is 9.47 Å². The topological polar surface area (TPSA) is 82.4 Å². The lowest BCUT2D eigenvalue weighted by Crippen LogP contribution is -2.37. The van der Waals surface area contributed by atoms with Gasteiger partial charge >= 0.3 is 0 Å². The fourth-order valence-electron chi connectivity index (χ4n) is 4.77. The second-order valence-electron chi connectivity index (χ2n) is 8.29. The molecule has 0 spiro atoms. The van der Waals surface area contributed by atoms with E-state index in [-0.39, 0.29) is 5.56 Å². The maximum absolute atomic E-state index is 13.3. The van der Waals surface area contributed by atoms with Crippen LogP contribution in [-0.4, -0.2) is 53.2 Å². The molecule has 1 atom stereocenters. The Morgan fingerprint density at radius 1 is 1.19 bits per heavy atom. The van der Waals surface area contributed by atoms with Crippen molar-refractivity contribution in [3.05, 3.63) is 69.3 Å². The molecule has 1 unspecified atom stereocenters. The molecule has 1 aliphatic carbocycles. The SMILES string of the molecule is COc1cccc(C2CCc3c(cnn(-c4nccc(N5CCOCC5)n4)c3=O)C2)c1C. The highest BCUT2D eigenvalue weighted by Crippen LogP contribution is 2.35. The summed E-state index contributed by atoms with van der Waals surface area (Å²) in [5.41, 5.74) is 4.15. The van der Waals surface area contributed by atoms with Crippen molar-refractivity contribution in [3.8, 4) is 11.7 Å². The molecule has 5 rings (SSSR count). The van der Waals surface area contributed by atoms with E-state index < -0.39 is 0 Å². The van der Waals surface area contributed by atoms with Crippen LogP contribution in [0.15, 0.2) is 41.5 Å². The van der Waals surface area contributed by atoms with Crippen LogP contribution in [0.3, 0.4) is 0 Å². The van der Waals surface area contributed by atoms with Gasteiger partial charge in [-0.15, -0.1) is 0 Å². The monoisotopic (exact) mass is 433 g/mol. The number of hydrogen-bond donors (Lipinski definition) is 0. The lowest BCUT2D eigenvalue weighted by atomic mass is 9.79. The fraction of sp³-hybridized carbons (Fsp3) is 0.417. The molecule has 0 N–H and O–H groups in total. The molecule has 8 heteroatoms. The van der Waals surface area contributed by atoms with Gasteiger partial charge in [0.2, 0.25) is 0 Å². The van der Waals surface area contributed by atoms with Crippen molar-refractivity contribution < 1.29 is 9.47 Å². The molecule has 2 aromatic heterocycles. The normalized spacial score (nSPS) is 18.3. The first kappa shape index (κ1) is 20.6. The highest BCUT2D eigenvalue weighted by atomic mass is 16.5. The lowest BCUT2D eigenvalue weighted by Gasteiger charge is -2.28. The summed E-state index contributed by atoms with van der Waals surface area (Å²) in [5.74, 6) is 2.35. The third-order valence-corrected chi connectivity index (χ3v) is 6.51. The standard InChI is InChI=1S/C24H27N5O3/c1-16-19(4-3-5-21(16)31-2)17-6-7-20-18(14-17)15-26-29(23(20)30)24-25-9-8-22(27-24)28-10-12-32-13-11-28/h3-5,8-9,15,17H,6-7,10-14H2,1-2H3. The first-order valence-electron chi connectivity index (χ1n) is 11.1. The van der Waals surface area contributed by atoms with Crippen LogP contribution in [0.4, 0.5) is 5.82 Å². The molecule has 32 heavy (non-hydrogen) atoms. The number of benzene rings is 1. The second-order valence-corrected chi connectivity index (χ2v) is 8.29. The van der Waals surface area contributed by atoms with E-state index in [0.717, 1.165) is 54.2 Å². The predicted octanol–water partition coefficient (Wildman–Crippen LogP) is 2.45. The minimum absolute atomic E-state index is 0.123. The molecular weight excluding hydrogens is 406 g/mol. The molecule has 0 bridgehead atoms. The molecule has 3 heterocycles. The summed E-state index contributed by atoms with van der Waals surface area (Å²) >= 11 is 0. The molecule has 3 aromatic rings. The zero-order valence-corrected chi connectivity index (χ0v) is 18.5. The van der Waals surface area contributed by atoms with E-state index in [0.29, 0.717) is 31.5 Å². The lowest BCUT2D eigenvalue weighted by molar-refractivity contribution is 0.122. The number of nitrogens with zero attached hydrogens (tertiary/aromatic N) is 5. The van der Waals surface area contributed by atoms with E-state index in [1.54, 1.807) is 13.3 Å². The summed E-state index contributed by atoms with van der Waals surface area (Å²) in [7, 11) is 1.70. The molecule has 166 valence electrons. The third-order valence-electron chi connectivity index (χ3n) is 6.51. The van der Waals surface area contributed by atoms with E-state index in [1.165, 1.54) is 10.2 Å². The van der Waals surface area contributed by atoms with Crippen molar-refractivity contribution in [2.75, 3.05) is 38.3 Å². The Balaban J connectivity index is 1.44. The Labute approximate surface area is 186 Å². The Kier molecular flexibility index (Phi) is 5.61. The van der Waals surface area contributed by atoms with E-state index in [9.17, 15) is 4.79 Å². The largest absolute Gasteiger partial charge is 0.496 e. The van der Waals surface area contributed by atoms with Gasteiger partial charge in [-0.25, -0.2) is 4.98 Å². The molecule has 1 fully saturated rings. The number of rotatable bonds is 4. The van der Waals surface area contributed by atoms with E-state index in [2.05, 4.69) is 33.0 Å². The van der Waals surface area contributed by atoms with Gasteiger partial charge in [-0.2, -0.15) is 14.8 Å². The highest BCUT2D eigenvalue weighted by molar-refractivity contribution is 5.43. The minimum atomic E-state index is -0.123. The van der Waals surface area contributed by atoms with Gasteiger partial charge in [-0.05, 0) is 60.9 Å². The average Bonchev–Trinajstić information content (AvgIpc) is 2.85. The number of aromatic nitrogens is 4. The first-order valence-corrected chi connectivity index (χ1v) is 11.1. The molecule has 8 nitrogen and oxygen atoms in total. The molecule has 0 radical (unpaired) electrons. The Hall–Kier alpha value is -3.26. The van der Waals surface area contributed by atoms with Crippen LogP contribution in [0.1, 0.15) is 34.6 Å². The first-order chi connectivity index (χ1) is 15.7. The summed E-state index contributed by atoms with van der Waals surface area (Å²) < 4.78 is 12.2. The Morgan fingerprint density at radius 3 is 2.84 bits per heavy atom. The summed E-state index contributed by atoms with van der Waals surface area (Å²) in [6.45, 7) is 4.98. The van der Waals surface area contributed by atoms with Gasteiger partial charge in [-0.3, -0.25) is 4.79 Å². The van der Waals surface area contributed by atoms with Crippen LogP contribution in [0.5, 0.6) is 5.75 Å². The van der Waals surface area contributed by atoms with E-state index >= 15 is 0 Å². The predicted molar refractivity (Wildman–Crippen MR) is 121 cm³/mol. The van der Waals surface area contributed by atoms with Gasteiger partial charge < -0.3 is 14.4 Å². The van der Waals surface area contributed by atoms with Gasteiger partial charge in [0, 0.05) is 24.8 Å². The van der Waals surface area contributed by atoms with E-state index in [1.807, 2.05) is 24.4 Å².